The molecule has 3 heterocycles. The number of esters is 1. The van der Waals surface area contributed by atoms with Gasteiger partial charge in [0.2, 0.25) is 0 Å². The summed E-state index contributed by atoms with van der Waals surface area (Å²) >= 11 is 0. The lowest BCUT2D eigenvalue weighted by Crippen LogP contribution is -2.26. The van der Waals surface area contributed by atoms with E-state index in [4.69, 9.17) is 14.4 Å². The maximum absolute atomic E-state index is 12.8. The molecule has 0 unspecified atom stereocenters. The molecule has 0 amide bonds. The van der Waals surface area contributed by atoms with Gasteiger partial charge in [-0.25, -0.2) is 14.5 Å². The smallest absolute Gasteiger partial charge is 0.331 e. The van der Waals surface area contributed by atoms with Crippen molar-refractivity contribution in [2.24, 2.45) is 0 Å². The van der Waals surface area contributed by atoms with E-state index in [9.17, 15) is 9.59 Å². The summed E-state index contributed by atoms with van der Waals surface area (Å²) in [5, 5.41) is 14.2. The average Bonchev–Trinajstić information content (AvgIpc) is 3.55. The van der Waals surface area contributed by atoms with Crippen LogP contribution in [0, 0.1) is 18.3 Å². The number of ether oxygens (including phenoxy) is 1. The highest BCUT2D eigenvalue weighted by atomic mass is 16.5. The third kappa shape index (κ3) is 4.94. The Hall–Kier alpha value is -5.23. The minimum atomic E-state index is -0.639. The van der Waals surface area contributed by atoms with Gasteiger partial charge in [0.1, 0.15) is 24.6 Å². The molecule has 0 saturated heterocycles. The second-order valence-electron chi connectivity index (χ2n) is 8.16. The first-order valence-corrected chi connectivity index (χ1v) is 11.5. The zero-order chi connectivity index (χ0) is 25.8. The molecule has 0 N–H and O–H groups in total. The highest BCUT2D eigenvalue weighted by Gasteiger charge is 2.15. The van der Waals surface area contributed by atoms with Gasteiger partial charge < -0.3 is 9.15 Å². The number of rotatable bonds is 7. The van der Waals surface area contributed by atoms with Gasteiger partial charge in [0.05, 0.1) is 22.7 Å². The topological polar surface area (TPSA) is 116 Å². The Morgan fingerprint density at radius 2 is 1.89 bits per heavy atom. The molecule has 0 fully saturated rings. The van der Waals surface area contributed by atoms with Gasteiger partial charge in [0.25, 0.3) is 5.56 Å². The first-order chi connectivity index (χ1) is 18.0. The van der Waals surface area contributed by atoms with Crippen LogP contribution in [0.1, 0.15) is 17.1 Å². The number of hydrogen-bond donors (Lipinski definition) is 0. The number of furan rings is 1. The number of fused-ring (bicyclic) bond motifs is 1. The van der Waals surface area contributed by atoms with Gasteiger partial charge in [-0.05, 0) is 49.4 Å². The van der Waals surface area contributed by atoms with Crippen molar-refractivity contribution in [3.8, 4) is 23.2 Å². The van der Waals surface area contributed by atoms with E-state index >= 15 is 0 Å². The number of aromatic nitrogens is 4. The Labute approximate surface area is 211 Å². The highest BCUT2D eigenvalue weighted by Crippen LogP contribution is 2.26. The Bertz CT molecular complexity index is 1720. The summed E-state index contributed by atoms with van der Waals surface area (Å²) in [6.45, 7) is 1.37. The zero-order valence-corrected chi connectivity index (χ0v) is 19.9. The SMILES string of the molecule is Cc1ccc(-c2nn(-c3ccccc3)cc2C=CC(=O)OCc2nc3ccccc3c(=O)n2CC#N)o1. The van der Waals surface area contributed by atoms with Crippen LogP contribution in [0.15, 0.2) is 88.2 Å². The number of carbonyl (C=O) groups excluding carboxylic acids is 1. The van der Waals surface area contributed by atoms with Crippen molar-refractivity contribution < 1.29 is 13.9 Å². The van der Waals surface area contributed by atoms with Crippen LogP contribution in [0.2, 0.25) is 0 Å². The maximum atomic E-state index is 12.8. The molecule has 0 radical (unpaired) electrons. The van der Waals surface area contributed by atoms with Gasteiger partial charge in [-0.2, -0.15) is 10.4 Å². The molecular weight excluding hydrogens is 470 g/mol. The number of carbonyl (C=O) groups is 1. The largest absolute Gasteiger partial charge is 0.460 e. The minimum absolute atomic E-state index is 0.190. The molecule has 0 spiro atoms. The number of hydrogen-bond acceptors (Lipinski definition) is 7. The van der Waals surface area contributed by atoms with Gasteiger partial charge in [0, 0.05) is 17.8 Å². The second-order valence-corrected chi connectivity index (χ2v) is 8.16. The summed E-state index contributed by atoms with van der Waals surface area (Å²) in [4.78, 5) is 29.8. The molecule has 182 valence electrons. The van der Waals surface area contributed by atoms with Crippen molar-refractivity contribution in [1.29, 1.82) is 5.26 Å². The van der Waals surface area contributed by atoms with Gasteiger partial charge in [-0.1, -0.05) is 30.3 Å². The van der Waals surface area contributed by atoms with Crippen LogP contribution >= 0.6 is 0 Å². The lowest BCUT2D eigenvalue weighted by Gasteiger charge is -2.10. The quantitative estimate of drug-likeness (QED) is 0.244. The summed E-state index contributed by atoms with van der Waals surface area (Å²) in [5.41, 5.74) is 2.18. The molecule has 0 atom stereocenters. The van der Waals surface area contributed by atoms with Gasteiger partial charge in [0.15, 0.2) is 11.6 Å². The van der Waals surface area contributed by atoms with Gasteiger partial charge in [-0.15, -0.1) is 0 Å². The standard InChI is InChI=1S/C28H21N5O4/c1-19-11-13-24(37-19)27-20(17-33(31-27)21-7-3-2-4-8-21)12-14-26(34)36-18-25-30-23-10-6-5-9-22(23)28(35)32(25)16-15-29/h2-14,17H,16,18H2,1H3. The molecule has 9 heteroatoms. The fourth-order valence-electron chi connectivity index (χ4n) is 3.88. The van der Waals surface area contributed by atoms with E-state index in [-0.39, 0.29) is 24.5 Å². The van der Waals surface area contributed by atoms with E-state index in [1.807, 2.05) is 55.5 Å². The lowest BCUT2D eigenvalue weighted by atomic mass is 10.2. The second kappa shape index (κ2) is 10.2. The van der Waals surface area contributed by atoms with Crippen LogP contribution in [-0.2, 0) is 22.7 Å². The fourth-order valence-corrected chi connectivity index (χ4v) is 3.88. The normalized spacial score (nSPS) is 11.1. The third-order valence-electron chi connectivity index (χ3n) is 5.65. The Kier molecular flexibility index (Phi) is 6.46. The van der Waals surface area contributed by atoms with Crippen molar-refractivity contribution in [3.63, 3.8) is 0 Å². The van der Waals surface area contributed by atoms with Crippen molar-refractivity contribution >= 4 is 22.9 Å². The molecule has 0 saturated carbocycles. The van der Waals surface area contributed by atoms with Crippen LogP contribution in [-0.4, -0.2) is 25.3 Å². The lowest BCUT2D eigenvalue weighted by molar-refractivity contribution is -0.139. The summed E-state index contributed by atoms with van der Waals surface area (Å²) in [6.07, 6.45) is 4.67. The Morgan fingerprint density at radius 3 is 2.65 bits per heavy atom. The maximum Gasteiger partial charge on any atom is 0.331 e. The summed E-state index contributed by atoms with van der Waals surface area (Å²) < 4.78 is 14.1. The van der Waals surface area contributed by atoms with E-state index in [1.165, 1.54) is 10.6 Å². The van der Waals surface area contributed by atoms with E-state index in [2.05, 4.69) is 10.1 Å². The molecule has 0 aliphatic carbocycles. The molecule has 5 rings (SSSR count). The number of nitrogens with zero attached hydrogens (tertiary/aromatic N) is 5. The molecule has 3 aromatic heterocycles. The molecular formula is C28H21N5O4. The van der Waals surface area contributed by atoms with Crippen LogP contribution < -0.4 is 5.56 Å². The fraction of sp³-hybridized carbons (Fsp3) is 0.107. The van der Waals surface area contributed by atoms with Gasteiger partial charge in [-0.3, -0.25) is 9.36 Å². The molecule has 37 heavy (non-hydrogen) atoms. The summed E-state index contributed by atoms with van der Waals surface area (Å²) in [6, 6.07) is 22.0. The molecule has 5 aromatic rings. The number of aryl methyl sites for hydroxylation is 1. The van der Waals surface area contributed by atoms with Crippen LogP contribution in [0.4, 0.5) is 0 Å². The van der Waals surface area contributed by atoms with Crippen LogP contribution in [0.25, 0.3) is 34.1 Å². The first-order valence-electron chi connectivity index (χ1n) is 11.5. The summed E-state index contributed by atoms with van der Waals surface area (Å²) in [5.74, 6) is 0.863. The van der Waals surface area contributed by atoms with Crippen LogP contribution in [0.5, 0.6) is 0 Å². The molecule has 0 aliphatic heterocycles. The van der Waals surface area contributed by atoms with Crippen molar-refractivity contribution in [2.45, 2.75) is 20.1 Å². The van der Waals surface area contributed by atoms with Crippen molar-refractivity contribution in [1.82, 2.24) is 19.3 Å². The molecule has 9 nitrogen and oxygen atoms in total. The monoisotopic (exact) mass is 491 g/mol. The van der Waals surface area contributed by atoms with E-state index in [0.29, 0.717) is 27.9 Å². The van der Waals surface area contributed by atoms with E-state index < -0.39 is 5.97 Å². The average molecular weight is 492 g/mol. The number of nitriles is 1. The van der Waals surface area contributed by atoms with Gasteiger partial charge >= 0.3 is 5.97 Å². The number of para-hydroxylation sites is 2. The van der Waals surface area contributed by atoms with Crippen molar-refractivity contribution in [2.75, 3.05) is 0 Å². The van der Waals surface area contributed by atoms with Crippen molar-refractivity contribution in [3.05, 3.63) is 107 Å². The molecule has 0 aliphatic rings. The number of benzene rings is 2. The Balaban J connectivity index is 1.40. The van der Waals surface area contributed by atoms with Crippen LogP contribution in [0.3, 0.4) is 0 Å². The predicted octanol–water partition coefficient (Wildman–Crippen LogP) is 4.43. The summed E-state index contributed by atoms with van der Waals surface area (Å²) in [7, 11) is 0. The first kappa shape index (κ1) is 23.5. The van der Waals surface area contributed by atoms with E-state index in [1.54, 1.807) is 41.2 Å². The Morgan fingerprint density at radius 1 is 1.11 bits per heavy atom. The third-order valence-corrected chi connectivity index (χ3v) is 5.65. The zero-order valence-electron chi connectivity index (χ0n) is 19.9. The minimum Gasteiger partial charge on any atom is -0.460 e. The molecule has 2 aromatic carbocycles. The predicted molar refractivity (Wildman–Crippen MR) is 136 cm³/mol. The highest BCUT2D eigenvalue weighted by molar-refractivity contribution is 5.88. The molecule has 0 bridgehead atoms. The van der Waals surface area contributed by atoms with E-state index in [0.717, 1.165) is 11.4 Å².